The van der Waals surface area contributed by atoms with Crippen molar-refractivity contribution >= 4 is 29.9 Å². The summed E-state index contributed by atoms with van der Waals surface area (Å²) in [7, 11) is 0. The Labute approximate surface area is 141 Å². The van der Waals surface area contributed by atoms with Crippen LogP contribution in [0.4, 0.5) is 5.69 Å². The molecule has 2 aliphatic carbocycles. The zero-order valence-electron chi connectivity index (χ0n) is 13.0. The van der Waals surface area contributed by atoms with Crippen molar-refractivity contribution < 1.29 is 9.59 Å². The number of nitrogens with two attached hydrogens (primary N) is 1. The van der Waals surface area contributed by atoms with Crippen molar-refractivity contribution in [1.82, 2.24) is 15.1 Å². The third-order valence-corrected chi connectivity index (χ3v) is 4.45. The van der Waals surface area contributed by atoms with Crippen LogP contribution in [0.1, 0.15) is 32.1 Å². The SMILES string of the molecule is Cl.NC[C@H]1CCC[C@H]1C(=O)Nc1cnn(CC(=O)NC2CC2)c1. The van der Waals surface area contributed by atoms with Gasteiger partial charge in [0.1, 0.15) is 6.54 Å². The Morgan fingerprint density at radius 3 is 2.78 bits per heavy atom. The Kier molecular flexibility index (Phi) is 6.01. The van der Waals surface area contributed by atoms with Crippen molar-refractivity contribution in [1.29, 1.82) is 0 Å². The second kappa shape index (κ2) is 7.79. The molecule has 2 atom stereocenters. The summed E-state index contributed by atoms with van der Waals surface area (Å²) >= 11 is 0. The highest BCUT2D eigenvalue weighted by Crippen LogP contribution is 2.31. The highest BCUT2D eigenvalue weighted by Gasteiger charge is 2.32. The number of carbonyl (C=O) groups is 2. The van der Waals surface area contributed by atoms with Gasteiger partial charge in [-0.15, -0.1) is 12.4 Å². The van der Waals surface area contributed by atoms with Gasteiger partial charge in [-0.25, -0.2) is 0 Å². The van der Waals surface area contributed by atoms with Crippen LogP contribution in [-0.2, 0) is 16.1 Å². The number of hydrogen-bond donors (Lipinski definition) is 3. The molecule has 0 unspecified atom stereocenters. The second-order valence-corrected chi connectivity index (χ2v) is 6.29. The molecular formula is C15H24ClN5O2. The molecule has 0 spiro atoms. The lowest BCUT2D eigenvalue weighted by Crippen LogP contribution is -2.30. The molecule has 7 nitrogen and oxygen atoms in total. The highest BCUT2D eigenvalue weighted by molar-refractivity contribution is 5.92. The summed E-state index contributed by atoms with van der Waals surface area (Å²) in [6, 6.07) is 0.345. The van der Waals surface area contributed by atoms with Crippen LogP contribution >= 0.6 is 12.4 Å². The van der Waals surface area contributed by atoms with E-state index in [1.54, 1.807) is 17.1 Å². The fourth-order valence-corrected chi connectivity index (χ4v) is 3.06. The molecule has 0 bridgehead atoms. The highest BCUT2D eigenvalue weighted by atomic mass is 35.5. The normalized spacial score (nSPS) is 23.2. The van der Waals surface area contributed by atoms with E-state index in [2.05, 4.69) is 15.7 Å². The van der Waals surface area contributed by atoms with Gasteiger partial charge in [0.15, 0.2) is 0 Å². The zero-order valence-corrected chi connectivity index (χ0v) is 13.8. The van der Waals surface area contributed by atoms with Gasteiger partial charge in [0.25, 0.3) is 0 Å². The smallest absolute Gasteiger partial charge is 0.241 e. The van der Waals surface area contributed by atoms with E-state index in [1.807, 2.05) is 0 Å². The third kappa shape index (κ3) is 4.68. The standard InChI is InChI=1S/C15H23N5O2.ClH/c16-6-10-2-1-3-13(10)15(22)19-12-7-17-20(8-12)9-14(21)18-11-4-5-11;/h7-8,10-11,13H,1-6,9,16H2,(H,18,21)(H,19,22);1H/t10-,13-;/m1./s1. The van der Waals surface area contributed by atoms with Crippen LogP contribution in [0.5, 0.6) is 0 Å². The van der Waals surface area contributed by atoms with E-state index in [1.165, 1.54) is 0 Å². The number of carbonyl (C=O) groups excluding carboxylic acids is 2. The molecule has 8 heteroatoms. The Morgan fingerprint density at radius 2 is 2.09 bits per heavy atom. The number of aromatic nitrogens is 2. The summed E-state index contributed by atoms with van der Waals surface area (Å²) in [5, 5.41) is 9.91. The summed E-state index contributed by atoms with van der Waals surface area (Å²) < 4.78 is 1.54. The molecule has 2 saturated carbocycles. The predicted molar refractivity (Wildman–Crippen MR) is 89.2 cm³/mol. The van der Waals surface area contributed by atoms with Gasteiger partial charge in [0.2, 0.25) is 11.8 Å². The maximum absolute atomic E-state index is 12.3. The first-order chi connectivity index (χ1) is 10.7. The number of hydrogen-bond acceptors (Lipinski definition) is 4. The van der Waals surface area contributed by atoms with Gasteiger partial charge >= 0.3 is 0 Å². The molecule has 0 saturated heterocycles. The minimum Gasteiger partial charge on any atom is -0.352 e. The minimum absolute atomic E-state index is 0. The van der Waals surface area contributed by atoms with Crippen molar-refractivity contribution in [3.05, 3.63) is 12.4 Å². The average molecular weight is 342 g/mol. The number of nitrogens with zero attached hydrogens (tertiary/aromatic N) is 2. The van der Waals surface area contributed by atoms with Gasteiger partial charge in [0.05, 0.1) is 11.9 Å². The lowest BCUT2D eigenvalue weighted by atomic mass is 9.95. The van der Waals surface area contributed by atoms with Gasteiger partial charge < -0.3 is 16.4 Å². The number of amides is 2. The Balaban J connectivity index is 0.00000192. The number of anilines is 1. The fraction of sp³-hybridized carbons (Fsp3) is 0.667. The molecule has 0 aromatic carbocycles. The van der Waals surface area contributed by atoms with E-state index in [9.17, 15) is 9.59 Å². The van der Waals surface area contributed by atoms with Gasteiger partial charge in [-0.3, -0.25) is 14.3 Å². The van der Waals surface area contributed by atoms with Gasteiger partial charge in [-0.05, 0) is 38.1 Å². The predicted octanol–water partition coefficient (Wildman–Crippen LogP) is 0.897. The van der Waals surface area contributed by atoms with Crippen molar-refractivity contribution in [3.8, 4) is 0 Å². The van der Waals surface area contributed by atoms with E-state index < -0.39 is 0 Å². The lowest BCUT2D eigenvalue weighted by Gasteiger charge is -2.16. The third-order valence-electron chi connectivity index (χ3n) is 4.45. The van der Waals surface area contributed by atoms with Crippen LogP contribution in [0, 0.1) is 11.8 Å². The number of nitrogens with one attached hydrogen (secondary N) is 2. The summed E-state index contributed by atoms with van der Waals surface area (Å²) in [5.41, 5.74) is 6.35. The molecule has 128 valence electrons. The van der Waals surface area contributed by atoms with Gasteiger partial charge in [0, 0.05) is 18.2 Å². The first-order valence-electron chi connectivity index (χ1n) is 7.98. The Hall–Kier alpha value is -1.60. The Morgan fingerprint density at radius 1 is 1.30 bits per heavy atom. The van der Waals surface area contributed by atoms with Crippen molar-refractivity contribution in [2.75, 3.05) is 11.9 Å². The molecule has 3 rings (SSSR count). The van der Waals surface area contributed by atoms with E-state index in [-0.39, 0.29) is 42.6 Å². The van der Waals surface area contributed by atoms with E-state index >= 15 is 0 Å². The van der Waals surface area contributed by atoms with Crippen molar-refractivity contribution in [2.24, 2.45) is 17.6 Å². The first-order valence-corrected chi connectivity index (χ1v) is 7.98. The molecule has 0 radical (unpaired) electrons. The summed E-state index contributed by atoms with van der Waals surface area (Å²) in [5.74, 6) is 0.239. The van der Waals surface area contributed by atoms with E-state index in [0.29, 0.717) is 18.3 Å². The molecule has 0 aliphatic heterocycles. The molecule has 2 aliphatic rings. The molecule has 1 aromatic heterocycles. The van der Waals surface area contributed by atoms with Crippen LogP contribution < -0.4 is 16.4 Å². The lowest BCUT2D eigenvalue weighted by molar-refractivity contribution is -0.122. The van der Waals surface area contributed by atoms with E-state index in [4.69, 9.17) is 5.73 Å². The van der Waals surface area contributed by atoms with Crippen LogP contribution in [0.25, 0.3) is 0 Å². The quantitative estimate of drug-likeness (QED) is 0.715. The minimum atomic E-state index is -0.0394. The fourth-order valence-electron chi connectivity index (χ4n) is 3.06. The van der Waals surface area contributed by atoms with Crippen LogP contribution in [0.3, 0.4) is 0 Å². The molecule has 1 aromatic rings. The number of halogens is 1. The van der Waals surface area contributed by atoms with Crippen molar-refractivity contribution in [3.63, 3.8) is 0 Å². The maximum atomic E-state index is 12.3. The summed E-state index contributed by atoms with van der Waals surface area (Å²) in [6.45, 7) is 0.736. The van der Waals surface area contributed by atoms with Crippen LogP contribution in [0.2, 0.25) is 0 Å². The van der Waals surface area contributed by atoms with Crippen molar-refractivity contribution in [2.45, 2.75) is 44.7 Å². The molecule has 4 N–H and O–H groups in total. The zero-order chi connectivity index (χ0) is 15.5. The van der Waals surface area contributed by atoms with Crippen LogP contribution in [-0.4, -0.2) is 34.2 Å². The molecular weight excluding hydrogens is 318 g/mol. The molecule has 23 heavy (non-hydrogen) atoms. The largest absolute Gasteiger partial charge is 0.352 e. The summed E-state index contributed by atoms with van der Waals surface area (Å²) in [6.07, 6.45) is 8.37. The monoisotopic (exact) mass is 341 g/mol. The average Bonchev–Trinajstić information content (AvgIpc) is 3.01. The second-order valence-electron chi connectivity index (χ2n) is 6.29. The summed E-state index contributed by atoms with van der Waals surface area (Å²) in [4.78, 5) is 24.0. The van der Waals surface area contributed by atoms with E-state index in [0.717, 1.165) is 32.1 Å². The molecule has 2 fully saturated rings. The maximum Gasteiger partial charge on any atom is 0.241 e. The number of rotatable bonds is 6. The Bertz CT molecular complexity index is 558. The van der Waals surface area contributed by atoms with Gasteiger partial charge in [-0.1, -0.05) is 6.42 Å². The first kappa shape index (κ1) is 17.7. The molecule has 1 heterocycles. The topological polar surface area (TPSA) is 102 Å². The van der Waals surface area contributed by atoms with Crippen LogP contribution in [0.15, 0.2) is 12.4 Å². The van der Waals surface area contributed by atoms with Gasteiger partial charge in [-0.2, -0.15) is 5.10 Å². The molecule has 2 amide bonds.